The van der Waals surface area contributed by atoms with Crippen molar-refractivity contribution < 1.29 is 19.1 Å². The molecule has 0 N–H and O–H groups in total. The van der Waals surface area contributed by atoms with Crippen LogP contribution in [-0.2, 0) is 14.9 Å². The predicted molar refractivity (Wildman–Crippen MR) is 106 cm³/mol. The van der Waals surface area contributed by atoms with Gasteiger partial charge in [0.1, 0.15) is 5.75 Å². The topological polar surface area (TPSA) is 52.6 Å². The summed E-state index contributed by atoms with van der Waals surface area (Å²) in [6.45, 7) is 12.1. The molecular weight excluding hydrogens is 340 g/mol. The van der Waals surface area contributed by atoms with Crippen molar-refractivity contribution in [1.29, 1.82) is 0 Å². The molecule has 0 spiro atoms. The quantitative estimate of drug-likeness (QED) is 0.539. The lowest BCUT2D eigenvalue weighted by atomic mass is 9.83. The molecule has 4 heteroatoms. The molecule has 0 aliphatic rings. The van der Waals surface area contributed by atoms with Gasteiger partial charge in [-0.25, -0.2) is 4.79 Å². The van der Waals surface area contributed by atoms with Crippen molar-refractivity contribution in [2.45, 2.75) is 52.9 Å². The minimum absolute atomic E-state index is 0.101. The SMILES string of the molecule is CCOC(=O)C(C)c1cc(C(C)(C)C)cc(C)c1OC(=O)c1ccccc1. The van der Waals surface area contributed by atoms with Crippen LogP contribution in [0, 0.1) is 6.92 Å². The van der Waals surface area contributed by atoms with Gasteiger partial charge < -0.3 is 9.47 Å². The fourth-order valence-electron chi connectivity index (χ4n) is 2.82. The van der Waals surface area contributed by atoms with Gasteiger partial charge in [0.25, 0.3) is 0 Å². The van der Waals surface area contributed by atoms with E-state index in [-0.39, 0.29) is 11.4 Å². The van der Waals surface area contributed by atoms with Crippen molar-refractivity contribution in [3.63, 3.8) is 0 Å². The van der Waals surface area contributed by atoms with Gasteiger partial charge in [-0.3, -0.25) is 4.79 Å². The molecule has 0 aromatic heterocycles. The average Bonchev–Trinajstić information content (AvgIpc) is 2.62. The van der Waals surface area contributed by atoms with E-state index >= 15 is 0 Å². The van der Waals surface area contributed by atoms with Crippen molar-refractivity contribution in [1.82, 2.24) is 0 Å². The number of aryl methyl sites for hydroxylation is 1. The molecule has 2 aromatic rings. The Morgan fingerprint density at radius 1 is 1.07 bits per heavy atom. The normalized spacial score (nSPS) is 12.4. The number of esters is 2. The maximum absolute atomic E-state index is 12.6. The number of carbonyl (C=O) groups excluding carboxylic acids is 2. The molecule has 0 fully saturated rings. The number of benzene rings is 2. The highest BCUT2D eigenvalue weighted by atomic mass is 16.5. The molecule has 1 unspecified atom stereocenters. The number of rotatable bonds is 5. The number of hydrogen-bond acceptors (Lipinski definition) is 4. The molecule has 27 heavy (non-hydrogen) atoms. The van der Waals surface area contributed by atoms with Gasteiger partial charge in [0.05, 0.1) is 18.1 Å². The van der Waals surface area contributed by atoms with Crippen LogP contribution in [0.4, 0.5) is 0 Å². The Hall–Kier alpha value is -2.62. The van der Waals surface area contributed by atoms with Crippen LogP contribution in [0.2, 0.25) is 0 Å². The van der Waals surface area contributed by atoms with Crippen molar-refractivity contribution in [3.05, 3.63) is 64.7 Å². The molecule has 0 saturated heterocycles. The highest BCUT2D eigenvalue weighted by Crippen LogP contribution is 2.36. The molecule has 2 aromatic carbocycles. The van der Waals surface area contributed by atoms with E-state index in [9.17, 15) is 9.59 Å². The third kappa shape index (κ3) is 4.97. The predicted octanol–water partition coefficient (Wildman–Crippen LogP) is 5.18. The smallest absolute Gasteiger partial charge is 0.343 e. The number of ether oxygens (including phenoxy) is 2. The first-order chi connectivity index (χ1) is 12.6. The minimum Gasteiger partial charge on any atom is -0.466 e. The second kappa shape index (κ2) is 8.38. The molecular formula is C23H28O4. The Bertz CT molecular complexity index is 816. The largest absolute Gasteiger partial charge is 0.466 e. The highest BCUT2D eigenvalue weighted by molar-refractivity contribution is 5.91. The maximum atomic E-state index is 12.6. The van der Waals surface area contributed by atoms with Gasteiger partial charge >= 0.3 is 11.9 Å². The lowest BCUT2D eigenvalue weighted by molar-refractivity contribution is -0.144. The molecule has 0 amide bonds. The summed E-state index contributed by atoms with van der Waals surface area (Å²) in [6.07, 6.45) is 0. The van der Waals surface area contributed by atoms with E-state index in [0.29, 0.717) is 23.5 Å². The molecule has 0 heterocycles. The molecule has 144 valence electrons. The zero-order chi connectivity index (χ0) is 20.2. The molecule has 4 nitrogen and oxygen atoms in total. The van der Waals surface area contributed by atoms with Gasteiger partial charge in [0.2, 0.25) is 0 Å². The molecule has 0 bridgehead atoms. The van der Waals surface area contributed by atoms with Crippen LogP contribution >= 0.6 is 0 Å². The first-order valence-electron chi connectivity index (χ1n) is 9.24. The monoisotopic (exact) mass is 368 g/mol. The average molecular weight is 368 g/mol. The molecule has 2 rings (SSSR count). The van der Waals surface area contributed by atoms with Crippen molar-refractivity contribution >= 4 is 11.9 Å². The van der Waals surface area contributed by atoms with Crippen LogP contribution in [0.15, 0.2) is 42.5 Å². The Balaban J connectivity index is 2.51. The second-order valence-electron chi connectivity index (χ2n) is 7.69. The van der Waals surface area contributed by atoms with E-state index < -0.39 is 11.9 Å². The first-order valence-corrected chi connectivity index (χ1v) is 9.24. The molecule has 0 saturated carbocycles. The minimum atomic E-state index is -0.537. The zero-order valence-electron chi connectivity index (χ0n) is 17.0. The summed E-state index contributed by atoms with van der Waals surface area (Å²) in [4.78, 5) is 24.9. The van der Waals surface area contributed by atoms with Gasteiger partial charge in [0.15, 0.2) is 0 Å². The van der Waals surface area contributed by atoms with Crippen LogP contribution in [0.25, 0.3) is 0 Å². The number of carbonyl (C=O) groups is 2. The number of hydrogen-bond donors (Lipinski definition) is 0. The Labute approximate surface area is 161 Å². The Morgan fingerprint density at radius 3 is 2.26 bits per heavy atom. The maximum Gasteiger partial charge on any atom is 0.343 e. The molecule has 0 radical (unpaired) electrons. The zero-order valence-corrected chi connectivity index (χ0v) is 17.0. The lowest BCUT2D eigenvalue weighted by Crippen LogP contribution is -2.19. The van der Waals surface area contributed by atoms with Crippen LogP contribution in [0.3, 0.4) is 0 Å². The van der Waals surface area contributed by atoms with Crippen LogP contribution in [0.5, 0.6) is 5.75 Å². The molecule has 1 atom stereocenters. The summed E-state index contributed by atoms with van der Waals surface area (Å²) in [6, 6.07) is 12.8. The summed E-state index contributed by atoms with van der Waals surface area (Å²) >= 11 is 0. The summed E-state index contributed by atoms with van der Waals surface area (Å²) in [5.74, 6) is -0.888. The third-order valence-corrected chi connectivity index (χ3v) is 4.48. The summed E-state index contributed by atoms with van der Waals surface area (Å²) < 4.78 is 10.9. The van der Waals surface area contributed by atoms with Gasteiger partial charge in [0, 0.05) is 5.56 Å². The van der Waals surface area contributed by atoms with Gasteiger partial charge in [-0.2, -0.15) is 0 Å². The summed E-state index contributed by atoms with van der Waals surface area (Å²) in [7, 11) is 0. The van der Waals surface area contributed by atoms with E-state index in [4.69, 9.17) is 9.47 Å². The van der Waals surface area contributed by atoms with Crippen molar-refractivity contribution in [2.24, 2.45) is 0 Å². The fourth-order valence-corrected chi connectivity index (χ4v) is 2.82. The highest BCUT2D eigenvalue weighted by Gasteiger charge is 2.26. The van der Waals surface area contributed by atoms with E-state index in [1.165, 1.54) is 0 Å². The van der Waals surface area contributed by atoms with Crippen molar-refractivity contribution in [3.8, 4) is 5.75 Å². The van der Waals surface area contributed by atoms with E-state index in [1.54, 1.807) is 38.1 Å². The van der Waals surface area contributed by atoms with Crippen LogP contribution in [-0.4, -0.2) is 18.5 Å². The van der Waals surface area contributed by atoms with Crippen LogP contribution in [0.1, 0.15) is 67.6 Å². The van der Waals surface area contributed by atoms with Gasteiger partial charge in [-0.1, -0.05) is 51.1 Å². The third-order valence-electron chi connectivity index (χ3n) is 4.48. The Morgan fingerprint density at radius 2 is 1.70 bits per heavy atom. The van der Waals surface area contributed by atoms with Gasteiger partial charge in [-0.05, 0) is 49.4 Å². The Kier molecular flexibility index (Phi) is 6.42. The lowest BCUT2D eigenvalue weighted by Gasteiger charge is -2.24. The van der Waals surface area contributed by atoms with Crippen molar-refractivity contribution in [2.75, 3.05) is 6.61 Å². The van der Waals surface area contributed by atoms with E-state index in [0.717, 1.165) is 11.1 Å². The molecule has 0 aliphatic carbocycles. The van der Waals surface area contributed by atoms with Crippen LogP contribution < -0.4 is 4.74 Å². The summed E-state index contributed by atoms with van der Waals surface area (Å²) in [5.41, 5.74) is 2.92. The second-order valence-corrected chi connectivity index (χ2v) is 7.69. The van der Waals surface area contributed by atoms with E-state index in [2.05, 4.69) is 20.8 Å². The summed E-state index contributed by atoms with van der Waals surface area (Å²) in [5, 5.41) is 0. The van der Waals surface area contributed by atoms with Gasteiger partial charge in [-0.15, -0.1) is 0 Å². The van der Waals surface area contributed by atoms with E-state index in [1.807, 2.05) is 25.1 Å². The fraction of sp³-hybridized carbons (Fsp3) is 0.391. The molecule has 0 aliphatic heterocycles. The first kappa shape index (κ1) is 20.7. The standard InChI is InChI=1S/C23H28O4/c1-7-26-21(24)16(3)19-14-18(23(4,5)6)13-15(2)20(19)27-22(25)17-11-9-8-10-12-17/h8-14,16H,7H2,1-6H3.